The van der Waals surface area contributed by atoms with Crippen LogP contribution in [0.25, 0.3) is 0 Å². The Morgan fingerprint density at radius 3 is 0.831 bits per heavy atom. The van der Waals surface area contributed by atoms with Crippen molar-refractivity contribution in [1.82, 2.24) is 37.2 Å². The number of anilines is 1. The second-order valence-corrected chi connectivity index (χ2v) is 26.3. The van der Waals surface area contributed by atoms with E-state index in [1.165, 1.54) is 151 Å². The first-order valence-electron chi connectivity index (χ1n) is 35.2. The van der Waals surface area contributed by atoms with Gasteiger partial charge < -0.3 is 48.3 Å². The minimum atomic E-state index is 0.234. The van der Waals surface area contributed by atoms with Gasteiger partial charge in [0.25, 0.3) is 0 Å². The zero-order chi connectivity index (χ0) is 67.5. The summed E-state index contributed by atoms with van der Waals surface area (Å²) < 4.78 is 0. The Hall–Kier alpha value is -4.42. The maximum absolute atomic E-state index is 5.35. The molecule has 0 saturated heterocycles. The van der Waals surface area contributed by atoms with E-state index in [2.05, 4.69) is 252 Å². The van der Waals surface area contributed by atoms with Crippen molar-refractivity contribution in [1.29, 1.82) is 0 Å². The maximum Gasteiger partial charge on any atom is 0.0400 e. The Balaban J connectivity index is -0.000000470. The Bertz CT molecular complexity index is 1900. The second-order valence-electron chi connectivity index (χ2n) is 26.3. The van der Waals surface area contributed by atoms with Gasteiger partial charge in [0, 0.05) is 67.1 Å². The van der Waals surface area contributed by atoms with Gasteiger partial charge in [0.05, 0.1) is 0 Å². The molecule has 0 radical (unpaired) electrons. The molecular weight excluding hydrogens is 1090 g/mol. The van der Waals surface area contributed by atoms with Crippen LogP contribution >= 0.6 is 0 Å². The van der Waals surface area contributed by atoms with Gasteiger partial charge in [-0.1, -0.05) is 300 Å². The first-order chi connectivity index (χ1) is 42.5. The molecular formula is C80H147N9. The largest absolute Gasteiger partial charge is 0.381 e. The van der Waals surface area contributed by atoms with Gasteiger partial charge in [0.1, 0.15) is 0 Å². The first-order valence-corrected chi connectivity index (χ1v) is 35.2. The topological polar surface area (TPSA) is 122 Å². The number of benzene rings is 5. The van der Waals surface area contributed by atoms with Crippen molar-refractivity contribution in [3.8, 4) is 0 Å². The molecule has 0 aliphatic rings. The van der Waals surface area contributed by atoms with Crippen LogP contribution in [0.1, 0.15) is 250 Å². The molecule has 0 heterocycles. The van der Waals surface area contributed by atoms with Crippen LogP contribution in [0.15, 0.2) is 152 Å². The molecule has 0 aliphatic carbocycles. The predicted molar refractivity (Wildman–Crippen MR) is 405 cm³/mol. The fourth-order valence-corrected chi connectivity index (χ4v) is 8.89. The highest BCUT2D eigenvalue weighted by Crippen LogP contribution is 2.10. The summed E-state index contributed by atoms with van der Waals surface area (Å²) in [5, 5.41) is 26.6. The number of para-hydroxylation sites is 1. The van der Waals surface area contributed by atoms with E-state index in [1.54, 1.807) is 0 Å². The lowest BCUT2D eigenvalue weighted by Gasteiger charge is -2.31. The van der Waals surface area contributed by atoms with Crippen LogP contribution in [0, 0.1) is 0 Å². The third kappa shape index (κ3) is 81.6. The highest BCUT2D eigenvalue weighted by Gasteiger charge is 2.18. The average Bonchev–Trinajstić information content (AvgIpc) is 3.58. The van der Waals surface area contributed by atoms with Gasteiger partial charge >= 0.3 is 0 Å². The van der Waals surface area contributed by atoms with E-state index >= 15 is 0 Å². The maximum atomic E-state index is 5.35. The van der Waals surface area contributed by atoms with Crippen molar-refractivity contribution >= 4 is 5.69 Å². The van der Waals surface area contributed by atoms with E-state index in [9.17, 15) is 0 Å². The van der Waals surface area contributed by atoms with Gasteiger partial charge in [0.15, 0.2) is 0 Å². The van der Waals surface area contributed by atoms with Crippen molar-refractivity contribution in [2.24, 2.45) is 5.73 Å². The molecule has 0 spiro atoms. The number of hydrogen-bond donors (Lipinski definition) is 9. The lowest BCUT2D eigenvalue weighted by molar-refractivity contribution is 0.303. The minimum absolute atomic E-state index is 0.234. The standard InChI is InChI=1S/C16H35N.C14H15N.C13H13N.2C8H19N.C7H9N.2C6H15N.C2H7N/c1-3-5-7-9-11-13-15-17-16-14-12-10-8-6-4-2;1-3-7-13(8-4-1)11-15-12-14-9-5-2-6-10-14;1-3-7-12(8-4-1)11-14-13-9-5-2-6-10-13;1-7(2,3)9-8(4,5)6;1-3-5-7-9-8-6-4-2;8-6-7-4-2-1-3-5-7;2*1-5(2)7-6(3)4;1-3-2/h17H,3-16H2,1-2H3;1-10,15H,11-12H2;1-10,14H,11H2;9H,1-6H3;9H,3-8H2,1-2H3;1-5H,6,8H2;2*5-7H,1-4H3;3H,1-2H3. The zero-order valence-electron chi connectivity index (χ0n) is 61.8. The highest BCUT2D eigenvalue weighted by atomic mass is 15.0. The van der Waals surface area contributed by atoms with Crippen molar-refractivity contribution < 1.29 is 0 Å². The van der Waals surface area contributed by atoms with Crippen LogP contribution in [0.4, 0.5) is 5.69 Å². The SMILES string of the molecule is CC(C)(C)NC(C)(C)C.CC(C)NC(C)C.CC(C)NC(C)C.CCCCCCCCNCCCCCCCC.CCCCNCCCC.CNC.NCc1ccccc1.c1ccc(CNCc2ccccc2)cc1.c1ccc(CNc2ccccc2)cc1. The predicted octanol–water partition coefficient (Wildman–Crippen LogP) is 19.7. The van der Waals surface area contributed by atoms with Crippen molar-refractivity contribution in [2.75, 3.05) is 45.6 Å². The summed E-state index contributed by atoms with van der Waals surface area (Å²) >= 11 is 0. The smallest absolute Gasteiger partial charge is 0.0400 e. The molecule has 9 heteroatoms. The second kappa shape index (κ2) is 68.0. The summed E-state index contributed by atoms with van der Waals surface area (Å²) in [6, 6.07) is 54.0. The van der Waals surface area contributed by atoms with Crippen molar-refractivity contribution in [3.63, 3.8) is 0 Å². The van der Waals surface area contributed by atoms with E-state index in [1.807, 2.05) is 80.8 Å². The molecule has 9 nitrogen and oxygen atoms in total. The van der Waals surface area contributed by atoms with Crippen LogP contribution in [0.2, 0.25) is 0 Å². The van der Waals surface area contributed by atoms with Crippen LogP contribution < -0.4 is 48.3 Å². The Labute approximate surface area is 554 Å². The van der Waals surface area contributed by atoms with Crippen LogP contribution in [0.5, 0.6) is 0 Å². The van der Waals surface area contributed by atoms with Gasteiger partial charge in [-0.15, -0.1) is 0 Å². The molecule has 89 heavy (non-hydrogen) atoms. The summed E-state index contributed by atoms with van der Waals surface area (Å²) in [5.41, 5.74) is 12.1. The third-order valence-electron chi connectivity index (χ3n) is 12.4. The van der Waals surface area contributed by atoms with Crippen LogP contribution in [0.3, 0.4) is 0 Å². The Kier molecular flexibility index (Phi) is 69.5. The summed E-state index contributed by atoms with van der Waals surface area (Å²) in [4.78, 5) is 0. The molecule has 0 bridgehead atoms. The van der Waals surface area contributed by atoms with Crippen molar-refractivity contribution in [2.45, 2.75) is 289 Å². The Morgan fingerprint density at radius 2 is 0.584 bits per heavy atom. The van der Waals surface area contributed by atoms with Crippen LogP contribution in [-0.2, 0) is 26.2 Å². The molecule has 0 fully saturated rings. The van der Waals surface area contributed by atoms with Crippen LogP contribution in [-0.4, -0.2) is 75.5 Å². The molecule has 0 unspecified atom stereocenters. The quantitative estimate of drug-likeness (QED) is 0.0194. The van der Waals surface area contributed by atoms with Gasteiger partial charge in [0.2, 0.25) is 0 Å². The molecule has 0 aromatic heterocycles. The minimum Gasteiger partial charge on any atom is -0.381 e. The summed E-state index contributed by atoms with van der Waals surface area (Å²) in [6.07, 6.45) is 22.2. The molecule has 5 aromatic carbocycles. The fraction of sp³-hybridized carbons (Fsp3) is 0.625. The molecule has 0 aliphatic heterocycles. The van der Waals surface area contributed by atoms with Gasteiger partial charge in [-0.2, -0.15) is 0 Å². The van der Waals surface area contributed by atoms with E-state index in [-0.39, 0.29) is 11.1 Å². The number of rotatable bonds is 32. The van der Waals surface area contributed by atoms with Gasteiger partial charge in [-0.25, -0.2) is 0 Å². The lowest BCUT2D eigenvalue weighted by atomic mass is 10.0. The Morgan fingerprint density at radius 1 is 0.326 bits per heavy atom. The molecule has 512 valence electrons. The zero-order valence-corrected chi connectivity index (χ0v) is 61.8. The first kappa shape index (κ1) is 91.0. The van der Waals surface area contributed by atoms with Gasteiger partial charge in [-0.05, 0) is 142 Å². The normalized spacial score (nSPS) is 10.5. The fourth-order valence-electron chi connectivity index (χ4n) is 8.89. The molecule has 0 amide bonds. The van der Waals surface area contributed by atoms with E-state index < -0.39 is 0 Å². The van der Waals surface area contributed by atoms with Crippen molar-refractivity contribution in [3.05, 3.63) is 174 Å². The number of nitrogens with one attached hydrogen (secondary N) is 8. The molecule has 5 rings (SSSR count). The number of hydrogen-bond acceptors (Lipinski definition) is 9. The molecule has 0 saturated carbocycles. The number of unbranched alkanes of at least 4 members (excludes halogenated alkanes) is 12. The summed E-state index contributed by atoms with van der Waals surface area (Å²) in [7, 11) is 3.75. The average molecular weight is 1240 g/mol. The summed E-state index contributed by atoms with van der Waals surface area (Å²) in [5.74, 6) is 0. The monoisotopic (exact) mass is 1230 g/mol. The van der Waals surface area contributed by atoms with E-state index in [4.69, 9.17) is 5.73 Å². The highest BCUT2D eigenvalue weighted by molar-refractivity contribution is 5.43. The van der Waals surface area contributed by atoms with Gasteiger partial charge in [-0.3, -0.25) is 0 Å². The molecule has 10 N–H and O–H groups in total. The molecule has 0 atom stereocenters. The van der Waals surface area contributed by atoms with E-state index in [0.717, 1.165) is 25.3 Å². The third-order valence-corrected chi connectivity index (χ3v) is 12.4. The summed E-state index contributed by atoms with van der Waals surface area (Å²) in [6.45, 7) is 47.6. The molecule has 5 aromatic rings. The van der Waals surface area contributed by atoms with E-state index in [0.29, 0.717) is 30.7 Å². The number of nitrogens with two attached hydrogens (primary N) is 1. The lowest BCUT2D eigenvalue weighted by Crippen LogP contribution is -2.48.